The van der Waals surface area contributed by atoms with E-state index in [9.17, 15) is 34.8 Å². The van der Waals surface area contributed by atoms with Crippen molar-refractivity contribution < 1.29 is 38.9 Å². The molecule has 1 heterocycles. The molecule has 2 rings (SSSR count). The third-order valence-electron chi connectivity index (χ3n) is 2.73. The van der Waals surface area contributed by atoms with E-state index in [1.807, 2.05) is 0 Å². The molecule has 0 aliphatic heterocycles. The molecule has 0 atom stereocenters. The third-order valence-corrected chi connectivity index (χ3v) is 3.71. The fourth-order valence-electron chi connectivity index (χ4n) is 1.64. The Labute approximate surface area is 131 Å². The number of hydrogen-bond donors (Lipinski definition) is 0. The first-order valence-electron chi connectivity index (χ1n) is 6.04. The van der Waals surface area contributed by atoms with Crippen molar-refractivity contribution in [2.75, 3.05) is 0 Å². The normalized spacial score (nSPS) is 12.9. The zero-order valence-electron chi connectivity index (χ0n) is 11.4. The van der Waals surface area contributed by atoms with Crippen molar-refractivity contribution in [3.8, 4) is 16.9 Å². The van der Waals surface area contributed by atoms with Crippen molar-refractivity contribution >= 4 is 10.1 Å². The quantitative estimate of drug-likeness (QED) is 0.465. The van der Waals surface area contributed by atoms with Crippen LogP contribution in [0.25, 0.3) is 11.1 Å². The van der Waals surface area contributed by atoms with E-state index in [1.165, 1.54) is 6.07 Å². The van der Waals surface area contributed by atoms with Crippen molar-refractivity contribution in [1.82, 2.24) is 4.98 Å². The molecule has 0 N–H and O–H groups in total. The molecular weight excluding hydrogens is 364 g/mol. The fourth-order valence-corrected chi connectivity index (χ4v) is 2.10. The zero-order chi connectivity index (χ0) is 18.2. The van der Waals surface area contributed by atoms with Crippen LogP contribution in [0.2, 0.25) is 0 Å². The Morgan fingerprint density at radius 2 is 1.46 bits per heavy atom. The molecule has 2 aromatic rings. The van der Waals surface area contributed by atoms with Gasteiger partial charge >= 0.3 is 21.8 Å². The van der Waals surface area contributed by atoms with Crippen LogP contribution in [0.5, 0.6) is 5.75 Å². The van der Waals surface area contributed by atoms with Gasteiger partial charge in [-0.1, -0.05) is 12.1 Å². The van der Waals surface area contributed by atoms with E-state index in [4.69, 9.17) is 0 Å². The summed E-state index contributed by atoms with van der Waals surface area (Å²) in [5, 5.41) is 0. The Balaban J connectivity index is 2.28. The number of alkyl halides is 6. The lowest BCUT2D eigenvalue weighted by Gasteiger charge is -2.10. The third kappa shape index (κ3) is 3.96. The second-order valence-electron chi connectivity index (χ2n) is 4.44. The topological polar surface area (TPSA) is 56.3 Å². The smallest absolute Gasteiger partial charge is 0.376 e. The summed E-state index contributed by atoms with van der Waals surface area (Å²) in [5.41, 5.74) is -6.42. The van der Waals surface area contributed by atoms with E-state index in [2.05, 4.69) is 9.17 Å². The van der Waals surface area contributed by atoms with Crippen molar-refractivity contribution in [3.63, 3.8) is 0 Å². The molecule has 0 spiro atoms. The predicted molar refractivity (Wildman–Crippen MR) is 70.3 cm³/mol. The van der Waals surface area contributed by atoms with Gasteiger partial charge in [0.25, 0.3) is 0 Å². The van der Waals surface area contributed by atoms with E-state index < -0.39 is 33.2 Å². The maximum atomic E-state index is 12.6. The number of halogens is 6. The lowest BCUT2D eigenvalue weighted by Crippen LogP contribution is -2.28. The van der Waals surface area contributed by atoms with Crippen molar-refractivity contribution in [2.45, 2.75) is 11.7 Å². The second kappa shape index (κ2) is 5.96. The van der Waals surface area contributed by atoms with E-state index >= 15 is 0 Å². The minimum absolute atomic E-state index is 0.0996. The molecule has 130 valence electrons. The van der Waals surface area contributed by atoms with Crippen molar-refractivity contribution in [2.24, 2.45) is 0 Å². The summed E-state index contributed by atoms with van der Waals surface area (Å²) in [6.45, 7) is 0. The molecule has 1 aromatic heterocycles. The Kier molecular flexibility index (Phi) is 4.48. The van der Waals surface area contributed by atoms with Crippen LogP contribution in [-0.4, -0.2) is 18.9 Å². The van der Waals surface area contributed by atoms with E-state index in [0.717, 1.165) is 36.5 Å². The summed E-state index contributed by atoms with van der Waals surface area (Å²) in [7, 11) is -5.81. The van der Waals surface area contributed by atoms with Crippen molar-refractivity contribution in [1.29, 1.82) is 0 Å². The van der Waals surface area contributed by atoms with E-state index in [-0.39, 0.29) is 11.1 Å². The van der Waals surface area contributed by atoms with Crippen LogP contribution >= 0.6 is 0 Å². The average Bonchev–Trinajstić information content (AvgIpc) is 2.46. The van der Waals surface area contributed by atoms with Gasteiger partial charge in [0.1, 0.15) is 11.4 Å². The molecule has 0 amide bonds. The summed E-state index contributed by atoms with van der Waals surface area (Å²) in [6, 6.07) is 6.05. The largest absolute Gasteiger partial charge is 0.534 e. The average molecular weight is 371 g/mol. The highest BCUT2D eigenvalue weighted by atomic mass is 32.2. The molecular formula is C13H7F6NO3S. The number of benzene rings is 1. The van der Waals surface area contributed by atoms with Crippen LogP contribution < -0.4 is 4.18 Å². The monoisotopic (exact) mass is 371 g/mol. The number of pyridine rings is 1. The molecule has 0 saturated heterocycles. The molecule has 11 heteroatoms. The summed E-state index contributed by atoms with van der Waals surface area (Å²) < 4.78 is 99.9. The standard InChI is InChI=1S/C13H7F6NO3S/c14-12(15,16)11-7-9(5-6-20-11)8-1-3-10(4-2-8)23-24(21,22)13(17,18)19/h1-7H. The molecule has 1 aromatic carbocycles. The van der Waals surface area contributed by atoms with Gasteiger partial charge in [-0.3, -0.25) is 4.98 Å². The van der Waals surface area contributed by atoms with Crippen LogP contribution in [0.15, 0.2) is 42.6 Å². The van der Waals surface area contributed by atoms with Gasteiger partial charge in [-0.25, -0.2) is 0 Å². The van der Waals surface area contributed by atoms with Crippen LogP contribution in [0.4, 0.5) is 26.3 Å². The molecule has 0 bridgehead atoms. The molecule has 24 heavy (non-hydrogen) atoms. The first-order valence-corrected chi connectivity index (χ1v) is 7.45. The molecule has 0 radical (unpaired) electrons. The lowest BCUT2D eigenvalue weighted by atomic mass is 10.1. The highest BCUT2D eigenvalue weighted by Gasteiger charge is 2.48. The van der Waals surface area contributed by atoms with Gasteiger partial charge in [0, 0.05) is 6.20 Å². The first kappa shape index (κ1) is 18.0. The van der Waals surface area contributed by atoms with Crippen molar-refractivity contribution in [3.05, 3.63) is 48.3 Å². The minimum atomic E-state index is -5.81. The molecule has 0 aliphatic rings. The van der Waals surface area contributed by atoms with Gasteiger partial charge in [0.2, 0.25) is 0 Å². The highest BCUT2D eigenvalue weighted by Crippen LogP contribution is 2.32. The predicted octanol–water partition coefficient (Wildman–Crippen LogP) is 4.00. The molecule has 0 fully saturated rings. The fraction of sp³-hybridized carbons (Fsp3) is 0.154. The van der Waals surface area contributed by atoms with Gasteiger partial charge in [-0.15, -0.1) is 0 Å². The summed E-state index contributed by atoms with van der Waals surface area (Å²) in [6.07, 6.45) is -3.73. The molecule has 0 unspecified atom stereocenters. The lowest BCUT2D eigenvalue weighted by molar-refractivity contribution is -0.141. The maximum Gasteiger partial charge on any atom is 0.534 e. The number of rotatable bonds is 3. The van der Waals surface area contributed by atoms with Gasteiger partial charge in [0.05, 0.1) is 0 Å². The Bertz CT molecular complexity index is 828. The minimum Gasteiger partial charge on any atom is -0.376 e. The SMILES string of the molecule is O=S(=O)(Oc1ccc(-c2ccnc(C(F)(F)F)c2)cc1)C(F)(F)F. The van der Waals surface area contributed by atoms with Crippen LogP contribution in [0.3, 0.4) is 0 Å². The molecule has 4 nitrogen and oxygen atoms in total. The van der Waals surface area contributed by atoms with E-state index in [1.54, 1.807) is 0 Å². The van der Waals surface area contributed by atoms with Crippen LogP contribution in [0.1, 0.15) is 5.69 Å². The molecule has 0 aliphatic carbocycles. The molecule has 0 saturated carbocycles. The Morgan fingerprint density at radius 3 is 1.96 bits per heavy atom. The summed E-state index contributed by atoms with van der Waals surface area (Å²) >= 11 is 0. The number of hydrogen-bond acceptors (Lipinski definition) is 4. The van der Waals surface area contributed by atoms with Gasteiger partial charge < -0.3 is 4.18 Å². The maximum absolute atomic E-state index is 12.6. The highest BCUT2D eigenvalue weighted by molar-refractivity contribution is 7.88. The zero-order valence-corrected chi connectivity index (χ0v) is 12.2. The summed E-state index contributed by atoms with van der Waals surface area (Å²) in [4.78, 5) is 3.18. The Hall–Kier alpha value is -2.30. The summed E-state index contributed by atoms with van der Waals surface area (Å²) in [5.74, 6) is -0.624. The number of nitrogens with zero attached hydrogens (tertiary/aromatic N) is 1. The first-order chi connectivity index (χ1) is 10.9. The van der Waals surface area contributed by atoms with Gasteiger partial charge in [0.15, 0.2) is 0 Å². The second-order valence-corrected chi connectivity index (χ2v) is 5.97. The van der Waals surface area contributed by atoms with Crippen LogP contribution in [-0.2, 0) is 16.3 Å². The van der Waals surface area contributed by atoms with E-state index in [0.29, 0.717) is 0 Å². The van der Waals surface area contributed by atoms with Crippen LogP contribution in [0, 0.1) is 0 Å². The van der Waals surface area contributed by atoms with Gasteiger partial charge in [-0.2, -0.15) is 34.8 Å². The Morgan fingerprint density at radius 1 is 0.875 bits per heavy atom. The van der Waals surface area contributed by atoms with Gasteiger partial charge in [-0.05, 0) is 35.4 Å². The number of aromatic nitrogens is 1.